The summed E-state index contributed by atoms with van der Waals surface area (Å²) in [4.78, 5) is 7.26. The van der Waals surface area contributed by atoms with Crippen LogP contribution in [0.15, 0.2) is 4.99 Å². The lowest BCUT2D eigenvalue weighted by molar-refractivity contribution is 0.253. The van der Waals surface area contributed by atoms with Gasteiger partial charge in [0, 0.05) is 17.8 Å². The molecule has 2 fully saturated rings. The Balaban J connectivity index is 1.94. The standard InChI is InChI=1S/C12H23N3S/c1-9-7-10(2)16-12(13-9)14-11-5-4-6-15(3)8-11/h9-11H,4-8H2,1-3H3,(H,13,14). The van der Waals surface area contributed by atoms with Crippen molar-refractivity contribution in [3.8, 4) is 0 Å². The van der Waals surface area contributed by atoms with Crippen LogP contribution in [-0.2, 0) is 0 Å². The molecule has 0 aromatic rings. The molecule has 3 nitrogen and oxygen atoms in total. The molecule has 0 bridgehead atoms. The maximum atomic E-state index is 4.87. The fraction of sp³-hybridized carbons (Fsp3) is 0.917. The summed E-state index contributed by atoms with van der Waals surface area (Å²) in [5.41, 5.74) is 0. The van der Waals surface area contributed by atoms with Crippen LogP contribution in [0.25, 0.3) is 0 Å². The Morgan fingerprint density at radius 3 is 2.94 bits per heavy atom. The van der Waals surface area contributed by atoms with E-state index in [1.807, 2.05) is 11.8 Å². The van der Waals surface area contributed by atoms with Crippen LogP contribution in [0.1, 0.15) is 33.1 Å². The molecule has 0 radical (unpaired) electrons. The summed E-state index contributed by atoms with van der Waals surface area (Å²) in [5.74, 6) is 0. The first-order valence-corrected chi connectivity index (χ1v) is 7.21. The van der Waals surface area contributed by atoms with E-state index in [2.05, 4.69) is 31.1 Å². The Bertz CT molecular complexity index is 255. The minimum Gasteiger partial charge on any atom is -0.362 e. The van der Waals surface area contributed by atoms with Crippen molar-refractivity contribution in [2.45, 2.75) is 50.4 Å². The van der Waals surface area contributed by atoms with Crippen molar-refractivity contribution in [3.63, 3.8) is 0 Å². The summed E-state index contributed by atoms with van der Waals surface area (Å²) in [6, 6.07) is 1.09. The molecule has 3 unspecified atom stereocenters. The highest BCUT2D eigenvalue weighted by molar-refractivity contribution is 8.14. The third-order valence-corrected chi connectivity index (χ3v) is 4.31. The van der Waals surface area contributed by atoms with E-state index >= 15 is 0 Å². The summed E-state index contributed by atoms with van der Waals surface area (Å²) in [7, 11) is 2.19. The predicted octanol–water partition coefficient (Wildman–Crippen LogP) is 1.94. The second kappa shape index (κ2) is 5.41. The topological polar surface area (TPSA) is 27.6 Å². The Labute approximate surface area is 103 Å². The molecule has 16 heavy (non-hydrogen) atoms. The van der Waals surface area contributed by atoms with Gasteiger partial charge in [0.15, 0.2) is 5.17 Å². The summed E-state index contributed by atoms with van der Waals surface area (Å²) < 4.78 is 0. The van der Waals surface area contributed by atoms with Crippen molar-refractivity contribution in [1.82, 2.24) is 10.2 Å². The molecule has 0 spiro atoms. The van der Waals surface area contributed by atoms with Gasteiger partial charge in [-0.2, -0.15) is 0 Å². The number of amidine groups is 1. The van der Waals surface area contributed by atoms with Crippen LogP contribution in [0.2, 0.25) is 0 Å². The van der Waals surface area contributed by atoms with Gasteiger partial charge in [-0.1, -0.05) is 18.7 Å². The van der Waals surface area contributed by atoms with E-state index in [1.54, 1.807) is 0 Å². The number of hydrogen-bond donors (Lipinski definition) is 1. The normalized spacial score (nSPS) is 39.7. The number of nitrogens with one attached hydrogen (secondary N) is 1. The highest BCUT2D eigenvalue weighted by atomic mass is 32.2. The summed E-state index contributed by atoms with van der Waals surface area (Å²) in [6.07, 6.45) is 3.78. The first-order chi connectivity index (χ1) is 7.63. The molecule has 0 amide bonds. The van der Waals surface area contributed by atoms with Gasteiger partial charge in [-0.3, -0.25) is 4.99 Å². The molecule has 0 saturated carbocycles. The molecule has 2 aliphatic rings. The second-order valence-corrected chi connectivity index (χ2v) is 6.63. The van der Waals surface area contributed by atoms with E-state index < -0.39 is 0 Å². The summed E-state index contributed by atoms with van der Waals surface area (Å²) >= 11 is 1.91. The molecule has 2 heterocycles. The van der Waals surface area contributed by atoms with Crippen molar-refractivity contribution in [2.24, 2.45) is 4.99 Å². The van der Waals surface area contributed by atoms with Crippen molar-refractivity contribution < 1.29 is 0 Å². The van der Waals surface area contributed by atoms with Crippen LogP contribution in [0.3, 0.4) is 0 Å². The zero-order valence-corrected chi connectivity index (χ0v) is 11.4. The molecule has 2 aliphatic heterocycles. The van der Waals surface area contributed by atoms with Gasteiger partial charge in [-0.25, -0.2) is 0 Å². The average molecular weight is 241 g/mol. The lowest BCUT2D eigenvalue weighted by atomic mass is 10.1. The lowest BCUT2D eigenvalue weighted by Crippen LogP contribution is -2.41. The minimum atomic E-state index is 0.506. The van der Waals surface area contributed by atoms with Crippen molar-refractivity contribution >= 4 is 16.9 Å². The predicted molar refractivity (Wildman–Crippen MR) is 72.2 cm³/mol. The van der Waals surface area contributed by atoms with Gasteiger partial charge in [-0.05, 0) is 39.8 Å². The zero-order valence-electron chi connectivity index (χ0n) is 10.6. The second-order valence-electron chi connectivity index (χ2n) is 5.20. The number of thioether (sulfide) groups is 1. The molecule has 0 aromatic carbocycles. The number of rotatable bonds is 1. The van der Waals surface area contributed by atoms with Crippen LogP contribution >= 0.6 is 11.8 Å². The van der Waals surface area contributed by atoms with Crippen LogP contribution < -0.4 is 5.32 Å². The molecule has 0 aromatic heterocycles. The van der Waals surface area contributed by atoms with E-state index in [1.165, 1.54) is 31.0 Å². The van der Waals surface area contributed by atoms with Crippen LogP contribution in [0.4, 0.5) is 0 Å². The first-order valence-electron chi connectivity index (χ1n) is 6.33. The smallest absolute Gasteiger partial charge is 0.157 e. The van der Waals surface area contributed by atoms with E-state index in [0.29, 0.717) is 17.3 Å². The largest absolute Gasteiger partial charge is 0.362 e. The molecule has 3 atom stereocenters. The SMILES string of the molecule is CC1CC(C)SC(=NC2CCCN(C)C2)N1. The number of piperidine rings is 1. The van der Waals surface area contributed by atoms with Crippen molar-refractivity contribution in [3.05, 3.63) is 0 Å². The number of aliphatic imine (C=N–C) groups is 1. The van der Waals surface area contributed by atoms with Gasteiger partial charge in [0.1, 0.15) is 0 Å². The van der Waals surface area contributed by atoms with Crippen LogP contribution in [0, 0.1) is 0 Å². The number of nitrogens with zero attached hydrogens (tertiary/aromatic N) is 2. The Morgan fingerprint density at radius 2 is 2.25 bits per heavy atom. The highest BCUT2D eigenvalue weighted by Gasteiger charge is 2.22. The first kappa shape index (κ1) is 12.2. The average Bonchev–Trinajstić information content (AvgIpc) is 2.15. The van der Waals surface area contributed by atoms with Gasteiger partial charge in [0.25, 0.3) is 0 Å². The van der Waals surface area contributed by atoms with E-state index in [-0.39, 0.29) is 0 Å². The number of likely N-dealkylation sites (tertiary alicyclic amines) is 1. The fourth-order valence-corrected chi connectivity index (χ4v) is 3.76. The third kappa shape index (κ3) is 3.39. The van der Waals surface area contributed by atoms with Gasteiger partial charge in [0.05, 0.1) is 6.04 Å². The van der Waals surface area contributed by atoms with Crippen LogP contribution in [-0.4, -0.2) is 47.5 Å². The Hall–Kier alpha value is -0.220. The Morgan fingerprint density at radius 1 is 1.44 bits per heavy atom. The molecule has 2 rings (SSSR count). The molecule has 0 aliphatic carbocycles. The zero-order chi connectivity index (χ0) is 11.5. The lowest BCUT2D eigenvalue weighted by Gasteiger charge is -2.31. The van der Waals surface area contributed by atoms with Crippen LogP contribution in [0.5, 0.6) is 0 Å². The fourth-order valence-electron chi connectivity index (χ4n) is 2.52. The molecular formula is C12H23N3S. The summed E-state index contributed by atoms with van der Waals surface area (Å²) in [6.45, 7) is 6.90. The van der Waals surface area contributed by atoms with Crippen molar-refractivity contribution in [2.75, 3.05) is 20.1 Å². The van der Waals surface area contributed by atoms with E-state index in [0.717, 1.165) is 6.54 Å². The molecule has 2 saturated heterocycles. The monoisotopic (exact) mass is 241 g/mol. The maximum Gasteiger partial charge on any atom is 0.157 e. The third-order valence-electron chi connectivity index (χ3n) is 3.27. The molecule has 1 N–H and O–H groups in total. The van der Waals surface area contributed by atoms with Crippen molar-refractivity contribution in [1.29, 1.82) is 0 Å². The van der Waals surface area contributed by atoms with E-state index in [4.69, 9.17) is 4.99 Å². The van der Waals surface area contributed by atoms with Gasteiger partial charge >= 0.3 is 0 Å². The molecular weight excluding hydrogens is 218 g/mol. The van der Waals surface area contributed by atoms with Gasteiger partial charge < -0.3 is 10.2 Å². The minimum absolute atomic E-state index is 0.506. The number of hydrogen-bond acceptors (Lipinski definition) is 3. The Kier molecular flexibility index (Phi) is 4.14. The molecule has 4 heteroatoms. The number of likely N-dealkylation sites (N-methyl/N-ethyl adjacent to an activating group) is 1. The summed E-state index contributed by atoms with van der Waals surface area (Å²) in [5, 5.41) is 5.38. The highest BCUT2D eigenvalue weighted by Crippen LogP contribution is 2.23. The molecule has 92 valence electrons. The van der Waals surface area contributed by atoms with Gasteiger partial charge in [0.2, 0.25) is 0 Å². The van der Waals surface area contributed by atoms with Gasteiger partial charge in [-0.15, -0.1) is 0 Å². The van der Waals surface area contributed by atoms with E-state index in [9.17, 15) is 0 Å². The quantitative estimate of drug-likeness (QED) is 0.760. The maximum absolute atomic E-state index is 4.87.